The highest BCUT2D eigenvalue weighted by atomic mass is 32.2. The topological polar surface area (TPSA) is 12.0 Å². The molecule has 2 heteroatoms. The van der Waals surface area contributed by atoms with E-state index in [0.717, 1.165) is 0 Å². The van der Waals surface area contributed by atoms with Gasteiger partial charge in [0.2, 0.25) is 0 Å². The van der Waals surface area contributed by atoms with Crippen LogP contribution in [0.15, 0.2) is 30.3 Å². The molecule has 0 amide bonds. The Hall–Kier alpha value is -0.470. The van der Waals surface area contributed by atoms with Crippen LogP contribution >= 0.6 is 11.8 Å². The minimum absolute atomic E-state index is 0.584. The van der Waals surface area contributed by atoms with Gasteiger partial charge in [0.05, 0.1) is 5.37 Å². The third kappa shape index (κ3) is 1.89. The average molecular weight is 193 g/mol. The lowest BCUT2D eigenvalue weighted by Crippen LogP contribution is -2.25. The SMILES string of the molecule is C[C@H]1N[C@H](C)[C@H](c2ccccc2)S1. The Morgan fingerprint density at radius 1 is 1.15 bits per heavy atom. The van der Waals surface area contributed by atoms with Crippen LogP contribution in [0.2, 0.25) is 0 Å². The standard InChI is InChI=1S/C11H15NS/c1-8-11(13-9(2)12-8)10-6-4-3-5-7-10/h3-9,11-12H,1-2H3/t8-,9+,11-/m1/s1. The van der Waals surface area contributed by atoms with Crippen LogP contribution < -0.4 is 5.32 Å². The maximum atomic E-state index is 3.53. The van der Waals surface area contributed by atoms with Crippen molar-refractivity contribution in [1.82, 2.24) is 5.32 Å². The van der Waals surface area contributed by atoms with Crippen LogP contribution in [0, 0.1) is 0 Å². The van der Waals surface area contributed by atoms with E-state index in [1.54, 1.807) is 0 Å². The molecule has 0 unspecified atom stereocenters. The summed E-state index contributed by atoms with van der Waals surface area (Å²) < 4.78 is 0. The number of rotatable bonds is 1. The molecule has 1 saturated heterocycles. The molecule has 0 spiro atoms. The molecule has 0 bridgehead atoms. The Morgan fingerprint density at radius 2 is 1.85 bits per heavy atom. The summed E-state index contributed by atoms with van der Waals surface area (Å²) in [6.07, 6.45) is 0. The van der Waals surface area contributed by atoms with Gasteiger partial charge in [-0.2, -0.15) is 0 Å². The lowest BCUT2D eigenvalue weighted by Gasteiger charge is -2.13. The average Bonchev–Trinajstić information content (AvgIpc) is 2.47. The molecule has 1 aromatic rings. The van der Waals surface area contributed by atoms with E-state index in [1.807, 2.05) is 11.8 Å². The van der Waals surface area contributed by atoms with Gasteiger partial charge in [-0.3, -0.25) is 0 Å². The number of hydrogen-bond donors (Lipinski definition) is 1. The van der Waals surface area contributed by atoms with E-state index in [2.05, 4.69) is 49.5 Å². The zero-order valence-corrected chi connectivity index (χ0v) is 8.84. The molecule has 0 radical (unpaired) electrons. The molecule has 1 heterocycles. The molecule has 1 aliphatic rings. The summed E-state index contributed by atoms with van der Waals surface area (Å²) in [5, 5.41) is 4.73. The molecule has 1 aliphatic heterocycles. The van der Waals surface area contributed by atoms with Gasteiger partial charge in [-0.15, -0.1) is 11.8 Å². The van der Waals surface area contributed by atoms with Crippen LogP contribution in [0.3, 0.4) is 0 Å². The predicted molar refractivity (Wildman–Crippen MR) is 58.8 cm³/mol. The Kier molecular flexibility index (Phi) is 2.61. The van der Waals surface area contributed by atoms with Gasteiger partial charge in [0.25, 0.3) is 0 Å². The molecule has 0 saturated carbocycles. The first kappa shape index (κ1) is 9.10. The molecule has 0 aliphatic carbocycles. The summed E-state index contributed by atoms with van der Waals surface area (Å²) >= 11 is 2.02. The fourth-order valence-corrected chi connectivity index (χ4v) is 3.21. The van der Waals surface area contributed by atoms with Crippen molar-refractivity contribution in [3.8, 4) is 0 Å². The maximum absolute atomic E-state index is 3.53. The van der Waals surface area contributed by atoms with Gasteiger partial charge in [-0.1, -0.05) is 30.3 Å². The summed E-state index contributed by atoms with van der Waals surface area (Å²) in [5.41, 5.74) is 1.44. The van der Waals surface area contributed by atoms with E-state index in [0.29, 0.717) is 16.7 Å². The second kappa shape index (κ2) is 3.72. The van der Waals surface area contributed by atoms with Crippen LogP contribution in [0.4, 0.5) is 0 Å². The van der Waals surface area contributed by atoms with Crippen molar-refractivity contribution in [3.05, 3.63) is 35.9 Å². The highest BCUT2D eigenvalue weighted by Gasteiger charge is 2.29. The van der Waals surface area contributed by atoms with Gasteiger partial charge in [0.1, 0.15) is 0 Å². The van der Waals surface area contributed by atoms with Crippen molar-refractivity contribution in [1.29, 1.82) is 0 Å². The fraction of sp³-hybridized carbons (Fsp3) is 0.455. The van der Waals surface area contributed by atoms with Crippen molar-refractivity contribution < 1.29 is 0 Å². The Morgan fingerprint density at radius 3 is 2.38 bits per heavy atom. The Bertz CT molecular complexity index is 273. The zero-order valence-electron chi connectivity index (χ0n) is 8.03. The summed E-state index contributed by atoms with van der Waals surface area (Å²) in [4.78, 5) is 0. The summed E-state index contributed by atoms with van der Waals surface area (Å²) in [6, 6.07) is 11.3. The molecular formula is C11H15NS. The Labute approximate surface area is 83.9 Å². The third-order valence-corrected chi connectivity index (χ3v) is 3.95. The quantitative estimate of drug-likeness (QED) is 0.736. The number of benzene rings is 1. The molecule has 1 fully saturated rings. The van der Waals surface area contributed by atoms with Crippen molar-refractivity contribution >= 4 is 11.8 Å². The van der Waals surface area contributed by atoms with Gasteiger partial charge in [-0.05, 0) is 19.4 Å². The summed E-state index contributed by atoms with van der Waals surface area (Å²) in [5.74, 6) is 0. The minimum Gasteiger partial charge on any atom is -0.302 e. The highest BCUT2D eigenvalue weighted by Crippen LogP contribution is 2.39. The van der Waals surface area contributed by atoms with E-state index < -0.39 is 0 Å². The van der Waals surface area contributed by atoms with Crippen LogP contribution in [0.5, 0.6) is 0 Å². The normalized spacial score (nSPS) is 33.5. The maximum Gasteiger partial charge on any atom is 0.0512 e. The van der Waals surface area contributed by atoms with E-state index in [4.69, 9.17) is 0 Å². The van der Waals surface area contributed by atoms with Crippen LogP contribution in [0.1, 0.15) is 24.7 Å². The second-order valence-electron chi connectivity index (χ2n) is 3.56. The minimum atomic E-state index is 0.584. The molecule has 3 atom stereocenters. The number of thioether (sulfide) groups is 1. The van der Waals surface area contributed by atoms with E-state index in [1.165, 1.54) is 5.56 Å². The number of nitrogens with one attached hydrogen (secondary N) is 1. The fourth-order valence-electron chi connectivity index (χ4n) is 1.84. The van der Waals surface area contributed by atoms with Crippen molar-refractivity contribution in [3.63, 3.8) is 0 Å². The van der Waals surface area contributed by atoms with Crippen LogP contribution in [-0.2, 0) is 0 Å². The summed E-state index contributed by atoms with van der Waals surface area (Å²) in [7, 11) is 0. The van der Waals surface area contributed by atoms with Gasteiger partial charge in [-0.25, -0.2) is 0 Å². The smallest absolute Gasteiger partial charge is 0.0512 e. The van der Waals surface area contributed by atoms with E-state index in [-0.39, 0.29) is 0 Å². The lowest BCUT2D eigenvalue weighted by atomic mass is 10.1. The second-order valence-corrected chi connectivity index (χ2v) is 5.05. The largest absolute Gasteiger partial charge is 0.302 e. The van der Waals surface area contributed by atoms with Crippen LogP contribution in [0.25, 0.3) is 0 Å². The molecule has 2 rings (SSSR count). The predicted octanol–water partition coefficient (Wildman–Crippen LogP) is 2.80. The zero-order chi connectivity index (χ0) is 9.26. The van der Waals surface area contributed by atoms with Gasteiger partial charge < -0.3 is 5.32 Å². The molecule has 1 nitrogen and oxygen atoms in total. The monoisotopic (exact) mass is 193 g/mol. The molecule has 0 aromatic heterocycles. The van der Waals surface area contributed by atoms with Gasteiger partial charge >= 0.3 is 0 Å². The van der Waals surface area contributed by atoms with E-state index in [9.17, 15) is 0 Å². The molecule has 1 aromatic carbocycles. The first-order valence-corrected chi connectivity index (χ1v) is 5.68. The van der Waals surface area contributed by atoms with Crippen molar-refractivity contribution in [2.75, 3.05) is 0 Å². The first-order valence-electron chi connectivity index (χ1n) is 4.74. The number of hydrogen-bond acceptors (Lipinski definition) is 2. The third-order valence-electron chi connectivity index (χ3n) is 2.43. The lowest BCUT2D eigenvalue weighted by molar-refractivity contribution is 0.575. The van der Waals surface area contributed by atoms with Crippen LogP contribution in [-0.4, -0.2) is 11.4 Å². The van der Waals surface area contributed by atoms with E-state index >= 15 is 0 Å². The van der Waals surface area contributed by atoms with Gasteiger partial charge in [0.15, 0.2) is 0 Å². The molecule has 13 heavy (non-hydrogen) atoms. The first-order chi connectivity index (χ1) is 6.27. The molecule has 70 valence electrons. The highest BCUT2D eigenvalue weighted by molar-refractivity contribution is 8.00. The Balaban J connectivity index is 2.18. The molecule has 1 N–H and O–H groups in total. The van der Waals surface area contributed by atoms with Gasteiger partial charge in [0, 0.05) is 11.3 Å². The van der Waals surface area contributed by atoms with Crippen molar-refractivity contribution in [2.24, 2.45) is 0 Å². The molecular weight excluding hydrogens is 178 g/mol. The van der Waals surface area contributed by atoms with Crippen molar-refractivity contribution in [2.45, 2.75) is 30.5 Å². The summed E-state index contributed by atoms with van der Waals surface area (Å²) in [6.45, 7) is 4.48.